The zero-order chi connectivity index (χ0) is 13.8. The molecule has 2 aliphatic rings. The molecular formula is C14H23NO4. The molecular weight excluding hydrogens is 246 g/mol. The summed E-state index contributed by atoms with van der Waals surface area (Å²) in [7, 11) is 1.70. The zero-order valence-electron chi connectivity index (χ0n) is 11.5. The molecule has 5 heteroatoms. The monoisotopic (exact) mass is 269 g/mol. The number of ether oxygens (including phenoxy) is 1. The van der Waals surface area contributed by atoms with E-state index in [4.69, 9.17) is 9.84 Å². The molecule has 0 aromatic carbocycles. The number of amides is 1. The molecule has 1 aliphatic heterocycles. The number of likely N-dealkylation sites (N-methyl/N-ethyl adjacent to an activating group) is 1. The zero-order valence-corrected chi connectivity index (χ0v) is 11.5. The first-order valence-electron chi connectivity index (χ1n) is 7.16. The maximum absolute atomic E-state index is 12.1. The Morgan fingerprint density at radius 2 is 1.95 bits per heavy atom. The van der Waals surface area contributed by atoms with Crippen molar-refractivity contribution in [1.82, 2.24) is 4.90 Å². The Balaban J connectivity index is 1.82. The Labute approximate surface area is 113 Å². The van der Waals surface area contributed by atoms with Crippen LogP contribution in [-0.4, -0.2) is 48.2 Å². The number of aliphatic carboxylic acids is 1. The predicted molar refractivity (Wildman–Crippen MR) is 69.7 cm³/mol. The van der Waals surface area contributed by atoms with Gasteiger partial charge in [0, 0.05) is 13.5 Å². The molecule has 2 atom stereocenters. The van der Waals surface area contributed by atoms with Crippen molar-refractivity contribution in [1.29, 1.82) is 0 Å². The summed E-state index contributed by atoms with van der Waals surface area (Å²) in [5.74, 6) is -0.723. The van der Waals surface area contributed by atoms with Crippen molar-refractivity contribution in [3.8, 4) is 0 Å². The number of carbonyl (C=O) groups is 2. The van der Waals surface area contributed by atoms with Gasteiger partial charge in [-0.25, -0.2) is 0 Å². The van der Waals surface area contributed by atoms with Crippen LogP contribution in [0.1, 0.15) is 38.5 Å². The Hall–Kier alpha value is -1.10. The van der Waals surface area contributed by atoms with Crippen LogP contribution in [0.2, 0.25) is 0 Å². The van der Waals surface area contributed by atoms with Crippen LogP contribution in [0.4, 0.5) is 0 Å². The maximum atomic E-state index is 12.1. The van der Waals surface area contributed by atoms with Crippen LogP contribution >= 0.6 is 0 Å². The van der Waals surface area contributed by atoms with E-state index in [0.717, 1.165) is 6.42 Å². The van der Waals surface area contributed by atoms with Crippen molar-refractivity contribution in [3.63, 3.8) is 0 Å². The summed E-state index contributed by atoms with van der Waals surface area (Å²) >= 11 is 0. The molecule has 1 aliphatic carbocycles. The van der Waals surface area contributed by atoms with Crippen molar-refractivity contribution < 1.29 is 19.4 Å². The Morgan fingerprint density at radius 1 is 1.26 bits per heavy atom. The average molecular weight is 269 g/mol. The van der Waals surface area contributed by atoms with Gasteiger partial charge < -0.3 is 14.7 Å². The van der Waals surface area contributed by atoms with Gasteiger partial charge in [0.05, 0.1) is 19.3 Å². The number of carbonyl (C=O) groups excluding carboxylic acids is 1. The van der Waals surface area contributed by atoms with Crippen LogP contribution in [0.3, 0.4) is 0 Å². The molecule has 19 heavy (non-hydrogen) atoms. The van der Waals surface area contributed by atoms with Gasteiger partial charge in [-0.15, -0.1) is 0 Å². The summed E-state index contributed by atoms with van der Waals surface area (Å²) in [6, 6.07) is -0.312. The molecule has 0 radical (unpaired) electrons. The van der Waals surface area contributed by atoms with Crippen molar-refractivity contribution in [3.05, 3.63) is 0 Å². The molecule has 1 saturated carbocycles. The lowest BCUT2D eigenvalue weighted by Crippen LogP contribution is -2.44. The molecule has 2 rings (SSSR count). The number of rotatable bonds is 5. The number of nitrogens with zero attached hydrogens (tertiary/aromatic N) is 1. The highest BCUT2D eigenvalue weighted by Crippen LogP contribution is 2.29. The van der Waals surface area contributed by atoms with Crippen LogP contribution in [0.15, 0.2) is 0 Å². The minimum Gasteiger partial charge on any atom is -0.481 e. The van der Waals surface area contributed by atoms with Gasteiger partial charge in [-0.2, -0.15) is 0 Å². The van der Waals surface area contributed by atoms with E-state index >= 15 is 0 Å². The summed E-state index contributed by atoms with van der Waals surface area (Å²) in [6.45, 7) is 0.545. The summed E-state index contributed by atoms with van der Waals surface area (Å²) in [4.78, 5) is 24.8. The van der Waals surface area contributed by atoms with Gasteiger partial charge in [0.2, 0.25) is 5.91 Å². The molecule has 1 saturated heterocycles. The number of carboxylic acid groups (broad SMARTS) is 1. The smallest absolute Gasteiger partial charge is 0.311 e. The highest BCUT2D eigenvalue weighted by Gasteiger charge is 2.38. The Morgan fingerprint density at radius 3 is 2.58 bits per heavy atom. The standard InChI is InChI=1S/C14H23NO4/c1-15(12-9-19-8-11(12)14(17)18)13(16)7-6-10-4-2-3-5-10/h10-12H,2-9H2,1H3,(H,17,18). The molecule has 1 heterocycles. The lowest BCUT2D eigenvalue weighted by molar-refractivity contribution is -0.144. The molecule has 2 fully saturated rings. The topological polar surface area (TPSA) is 66.8 Å². The van der Waals surface area contributed by atoms with Crippen LogP contribution in [0.5, 0.6) is 0 Å². The van der Waals surface area contributed by atoms with Gasteiger partial charge in [0.15, 0.2) is 0 Å². The lowest BCUT2D eigenvalue weighted by Gasteiger charge is -2.26. The fourth-order valence-corrected chi connectivity index (χ4v) is 3.15. The normalized spacial score (nSPS) is 27.6. The van der Waals surface area contributed by atoms with Gasteiger partial charge in [-0.3, -0.25) is 9.59 Å². The number of hydrogen-bond donors (Lipinski definition) is 1. The summed E-state index contributed by atoms with van der Waals surface area (Å²) in [5.41, 5.74) is 0. The number of carboxylic acids is 1. The van der Waals surface area contributed by atoms with Crippen molar-refractivity contribution in [2.24, 2.45) is 11.8 Å². The van der Waals surface area contributed by atoms with E-state index in [0.29, 0.717) is 18.9 Å². The third-order valence-corrected chi connectivity index (χ3v) is 4.50. The fraction of sp³-hybridized carbons (Fsp3) is 0.857. The second-order valence-corrected chi connectivity index (χ2v) is 5.74. The third-order valence-electron chi connectivity index (χ3n) is 4.50. The van der Waals surface area contributed by atoms with Crippen LogP contribution < -0.4 is 0 Å². The summed E-state index contributed by atoms with van der Waals surface area (Å²) in [6.07, 6.45) is 6.51. The average Bonchev–Trinajstić information content (AvgIpc) is 3.05. The molecule has 0 spiro atoms. The first-order chi connectivity index (χ1) is 9.09. The van der Waals surface area contributed by atoms with Crippen LogP contribution in [-0.2, 0) is 14.3 Å². The fourth-order valence-electron chi connectivity index (χ4n) is 3.15. The largest absolute Gasteiger partial charge is 0.481 e. The van der Waals surface area contributed by atoms with Crippen molar-refractivity contribution >= 4 is 11.9 Å². The Bertz CT molecular complexity index is 338. The van der Waals surface area contributed by atoms with Gasteiger partial charge in [0.1, 0.15) is 5.92 Å². The second kappa shape index (κ2) is 6.37. The van der Waals surface area contributed by atoms with E-state index < -0.39 is 11.9 Å². The molecule has 1 amide bonds. The van der Waals surface area contributed by atoms with E-state index in [1.807, 2.05) is 0 Å². The van der Waals surface area contributed by atoms with Gasteiger partial charge in [-0.1, -0.05) is 25.7 Å². The third kappa shape index (κ3) is 3.47. The van der Waals surface area contributed by atoms with Gasteiger partial charge in [0.25, 0.3) is 0 Å². The molecule has 2 unspecified atom stereocenters. The molecule has 0 bridgehead atoms. The highest BCUT2D eigenvalue weighted by molar-refractivity contribution is 5.78. The van der Waals surface area contributed by atoms with E-state index in [1.165, 1.54) is 25.7 Å². The first kappa shape index (κ1) is 14.3. The minimum absolute atomic E-state index is 0.0497. The summed E-state index contributed by atoms with van der Waals surface area (Å²) in [5, 5.41) is 9.10. The van der Waals surface area contributed by atoms with Crippen LogP contribution in [0, 0.1) is 11.8 Å². The molecule has 0 aromatic rings. The highest BCUT2D eigenvalue weighted by atomic mass is 16.5. The van der Waals surface area contributed by atoms with Gasteiger partial charge in [-0.05, 0) is 12.3 Å². The van der Waals surface area contributed by atoms with E-state index in [-0.39, 0.29) is 18.6 Å². The van der Waals surface area contributed by atoms with Crippen LogP contribution in [0.25, 0.3) is 0 Å². The van der Waals surface area contributed by atoms with Crippen molar-refractivity contribution in [2.75, 3.05) is 20.3 Å². The van der Waals surface area contributed by atoms with E-state index in [1.54, 1.807) is 11.9 Å². The maximum Gasteiger partial charge on any atom is 0.311 e. The second-order valence-electron chi connectivity index (χ2n) is 5.74. The molecule has 5 nitrogen and oxygen atoms in total. The van der Waals surface area contributed by atoms with Gasteiger partial charge >= 0.3 is 5.97 Å². The SMILES string of the molecule is CN(C(=O)CCC1CCCC1)C1COCC1C(=O)O. The number of hydrogen-bond acceptors (Lipinski definition) is 3. The molecule has 0 aromatic heterocycles. The predicted octanol–water partition coefficient (Wildman–Crippen LogP) is 1.51. The molecule has 108 valence electrons. The lowest BCUT2D eigenvalue weighted by atomic mass is 9.99. The van der Waals surface area contributed by atoms with E-state index in [9.17, 15) is 9.59 Å². The summed E-state index contributed by atoms with van der Waals surface area (Å²) < 4.78 is 5.21. The quantitative estimate of drug-likeness (QED) is 0.821. The molecule has 1 N–H and O–H groups in total. The Kier molecular flexibility index (Phi) is 4.80. The van der Waals surface area contributed by atoms with Crippen molar-refractivity contribution in [2.45, 2.75) is 44.6 Å². The minimum atomic E-state index is -0.877. The van der Waals surface area contributed by atoms with E-state index in [2.05, 4.69) is 0 Å². The first-order valence-corrected chi connectivity index (χ1v) is 7.16.